The van der Waals surface area contributed by atoms with Crippen LogP contribution in [0.15, 0.2) is 54.9 Å². The second-order valence-corrected chi connectivity index (χ2v) is 6.27. The van der Waals surface area contributed by atoms with Crippen LogP contribution < -0.4 is 10.2 Å². The minimum atomic E-state index is -0.0505. The van der Waals surface area contributed by atoms with Crippen LogP contribution in [0.4, 0.5) is 0 Å². The molecule has 2 aromatic heterocycles. The van der Waals surface area contributed by atoms with E-state index < -0.39 is 0 Å². The van der Waals surface area contributed by atoms with E-state index in [0.717, 1.165) is 41.8 Å². The van der Waals surface area contributed by atoms with Gasteiger partial charge in [-0.1, -0.05) is 18.2 Å². The molecule has 0 aliphatic carbocycles. The van der Waals surface area contributed by atoms with Crippen LogP contribution in [0.2, 0.25) is 0 Å². The number of likely N-dealkylation sites (N-methyl/N-ethyl adjacent to an activating group) is 1. The third-order valence-electron chi connectivity index (χ3n) is 4.70. The summed E-state index contributed by atoms with van der Waals surface area (Å²) in [5.74, 6) is -0.0505. The lowest BCUT2D eigenvalue weighted by molar-refractivity contribution is -0.895. The molecule has 0 unspecified atom stereocenters. The standard InChI is InChI=1S/C21H24N4O/c1-3-25(4-2)14-13-23-21(26)18-15-20(16-9-11-22-12-10-16)24-19-8-6-5-7-17(18)19/h5-12,15H,3-4,13-14H2,1-2H3,(H,23,26)/p+1. The fraction of sp³-hybridized carbons (Fsp3) is 0.286. The molecule has 0 saturated heterocycles. The molecule has 0 fully saturated rings. The molecule has 0 atom stereocenters. The van der Waals surface area contributed by atoms with Gasteiger partial charge >= 0.3 is 0 Å². The molecule has 0 aliphatic rings. The van der Waals surface area contributed by atoms with E-state index in [0.29, 0.717) is 12.1 Å². The first kappa shape index (κ1) is 18.0. The molecule has 134 valence electrons. The van der Waals surface area contributed by atoms with Gasteiger partial charge in [0.15, 0.2) is 0 Å². The molecule has 2 N–H and O–H groups in total. The number of quaternary nitrogens is 1. The Morgan fingerprint density at radius 1 is 1.08 bits per heavy atom. The van der Waals surface area contributed by atoms with Crippen LogP contribution >= 0.6 is 0 Å². The molecule has 5 nitrogen and oxygen atoms in total. The number of carbonyl (C=O) groups is 1. The Morgan fingerprint density at radius 2 is 1.81 bits per heavy atom. The normalized spacial score (nSPS) is 11.0. The number of rotatable bonds is 7. The smallest absolute Gasteiger partial charge is 0.252 e. The lowest BCUT2D eigenvalue weighted by Gasteiger charge is -2.16. The Kier molecular flexibility index (Phi) is 5.92. The summed E-state index contributed by atoms with van der Waals surface area (Å²) in [5, 5.41) is 3.94. The summed E-state index contributed by atoms with van der Waals surface area (Å²) in [4.78, 5) is 23.1. The Bertz CT molecular complexity index is 876. The van der Waals surface area contributed by atoms with E-state index in [9.17, 15) is 4.79 Å². The van der Waals surface area contributed by atoms with Gasteiger partial charge in [0.25, 0.3) is 5.91 Å². The summed E-state index contributed by atoms with van der Waals surface area (Å²) in [6, 6.07) is 13.5. The van der Waals surface area contributed by atoms with Crippen molar-refractivity contribution in [1.82, 2.24) is 15.3 Å². The lowest BCUT2D eigenvalue weighted by atomic mass is 10.0. The first-order chi connectivity index (χ1) is 12.7. The number of pyridine rings is 2. The quantitative estimate of drug-likeness (QED) is 0.685. The molecule has 0 radical (unpaired) electrons. The lowest BCUT2D eigenvalue weighted by Crippen LogP contribution is -3.12. The van der Waals surface area contributed by atoms with Gasteiger partial charge in [-0.05, 0) is 38.1 Å². The van der Waals surface area contributed by atoms with E-state index in [1.54, 1.807) is 12.4 Å². The van der Waals surface area contributed by atoms with Crippen molar-refractivity contribution < 1.29 is 9.69 Å². The van der Waals surface area contributed by atoms with Gasteiger partial charge in [-0.3, -0.25) is 9.78 Å². The molecule has 0 aliphatic heterocycles. The van der Waals surface area contributed by atoms with E-state index in [-0.39, 0.29) is 5.91 Å². The number of aromatic nitrogens is 2. The van der Waals surface area contributed by atoms with Crippen LogP contribution in [0.3, 0.4) is 0 Å². The largest absolute Gasteiger partial charge is 0.346 e. The summed E-state index contributed by atoms with van der Waals surface area (Å²) in [6.07, 6.45) is 3.47. The first-order valence-electron chi connectivity index (χ1n) is 9.14. The van der Waals surface area contributed by atoms with Crippen molar-refractivity contribution in [3.63, 3.8) is 0 Å². The van der Waals surface area contributed by atoms with Gasteiger partial charge in [-0.25, -0.2) is 4.98 Å². The average molecular weight is 349 g/mol. The van der Waals surface area contributed by atoms with Crippen LogP contribution in [0, 0.1) is 0 Å². The van der Waals surface area contributed by atoms with Gasteiger partial charge in [0.1, 0.15) is 0 Å². The van der Waals surface area contributed by atoms with E-state index in [4.69, 9.17) is 4.98 Å². The number of para-hydroxylation sites is 1. The highest BCUT2D eigenvalue weighted by atomic mass is 16.1. The van der Waals surface area contributed by atoms with Crippen molar-refractivity contribution in [2.75, 3.05) is 26.2 Å². The van der Waals surface area contributed by atoms with Crippen molar-refractivity contribution in [1.29, 1.82) is 0 Å². The van der Waals surface area contributed by atoms with E-state index >= 15 is 0 Å². The first-order valence-corrected chi connectivity index (χ1v) is 9.14. The van der Waals surface area contributed by atoms with Crippen LogP contribution in [-0.4, -0.2) is 42.1 Å². The Hall–Kier alpha value is -2.79. The number of benzene rings is 1. The molecule has 1 amide bonds. The summed E-state index contributed by atoms with van der Waals surface area (Å²) in [7, 11) is 0. The van der Waals surface area contributed by atoms with Crippen molar-refractivity contribution in [3.8, 4) is 11.3 Å². The highest BCUT2D eigenvalue weighted by Gasteiger charge is 2.14. The Morgan fingerprint density at radius 3 is 2.54 bits per heavy atom. The van der Waals surface area contributed by atoms with Crippen LogP contribution in [0.5, 0.6) is 0 Å². The third-order valence-corrected chi connectivity index (χ3v) is 4.70. The topological polar surface area (TPSA) is 59.3 Å². The number of carbonyl (C=O) groups excluding carboxylic acids is 1. The number of fused-ring (bicyclic) bond motifs is 1. The minimum absolute atomic E-state index is 0.0505. The van der Waals surface area contributed by atoms with Gasteiger partial charge < -0.3 is 10.2 Å². The Balaban J connectivity index is 1.90. The second-order valence-electron chi connectivity index (χ2n) is 6.27. The maximum atomic E-state index is 12.8. The van der Waals surface area contributed by atoms with Crippen molar-refractivity contribution in [2.45, 2.75) is 13.8 Å². The monoisotopic (exact) mass is 349 g/mol. The average Bonchev–Trinajstić information content (AvgIpc) is 2.71. The molecule has 0 saturated carbocycles. The van der Waals surface area contributed by atoms with Gasteiger partial charge in [0.2, 0.25) is 0 Å². The molecule has 3 aromatic rings. The number of hydrogen-bond acceptors (Lipinski definition) is 3. The van der Waals surface area contributed by atoms with E-state index in [1.807, 2.05) is 42.5 Å². The number of nitrogens with zero attached hydrogens (tertiary/aromatic N) is 2. The highest BCUT2D eigenvalue weighted by Crippen LogP contribution is 2.24. The predicted octanol–water partition coefficient (Wildman–Crippen LogP) is 1.95. The van der Waals surface area contributed by atoms with Gasteiger partial charge in [-0.15, -0.1) is 0 Å². The highest BCUT2D eigenvalue weighted by molar-refractivity contribution is 6.07. The molecule has 2 heterocycles. The zero-order valence-corrected chi connectivity index (χ0v) is 15.3. The van der Waals surface area contributed by atoms with Crippen LogP contribution in [0.1, 0.15) is 24.2 Å². The summed E-state index contributed by atoms with van der Waals surface area (Å²) < 4.78 is 0. The third kappa shape index (κ3) is 4.06. The van der Waals surface area contributed by atoms with Gasteiger partial charge in [-0.2, -0.15) is 0 Å². The molecule has 1 aromatic carbocycles. The molecule has 5 heteroatoms. The zero-order chi connectivity index (χ0) is 18.4. The second kappa shape index (κ2) is 8.54. The summed E-state index contributed by atoms with van der Waals surface area (Å²) >= 11 is 0. The van der Waals surface area contributed by atoms with Gasteiger partial charge in [0, 0.05) is 23.3 Å². The molecular formula is C21H25N4O+. The summed E-state index contributed by atoms with van der Waals surface area (Å²) in [5.41, 5.74) is 3.22. The maximum absolute atomic E-state index is 12.8. The van der Waals surface area contributed by atoms with Gasteiger partial charge in [0.05, 0.1) is 43.0 Å². The molecule has 0 spiro atoms. The summed E-state index contributed by atoms with van der Waals surface area (Å²) in [6.45, 7) is 8.06. The maximum Gasteiger partial charge on any atom is 0.252 e. The van der Waals surface area contributed by atoms with Crippen LogP contribution in [0.25, 0.3) is 22.2 Å². The van der Waals surface area contributed by atoms with Crippen LogP contribution in [-0.2, 0) is 0 Å². The number of amides is 1. The fourth-order valence-corrected chi connectivity index (χ4v) is 3.09. The van der Waals surface area contributed by atoms with E-state index in [1.165, 1.54) is 4.90 Å². The zero-order valence-electron chi connectivity index (χ0n) is 15.3. The van der Waals surface area contributed by atoms with Crippen molar-refractivity contribution in [3.05, 3.63) is 60.4 Å². The Labute approximate surface area is 154 Å². The molecular weight excluding hydrogens is 324 g/mol. The number of nitrogens with one attached hydrogen (secondary N) is 2. The SMILES string of the molecule is CC[NH+](CC)CCNC(=O)c1cc(-c2ccncc2)nc2ccccc12. The van der Waals surface area contributed by atoms with E-state index in [2.05, 4.69) is 24.1 Å². The number of hydrogen-bond donors (Lipinski definition) is 2. The predicted molar refractivity (Wildman–Crippen MR) is 104 cm³/mol. The molecule has 3 rings (SSSR count). The molecule has 0 bridgehead atoms. The molecule has 26 heavy (non-hydrogen) atoms. The fourth-order valence-electron chi connectivity index (χ4n) is 3.09. The van der Waals surface area contributed by atoms with Crippen molar-refractivity contribution >= 4 is 16.8 Å². The minimum Gasteiger partial charge on any atom is -0.346 e. The van der Waals surface area contributed by atoms with Crippen molar-refractivity contribution in [2.24, 2.45) is 0 Å².